The van der Waals surface area contributed by atoms with Crippen LogP contribution in [0.25, 0.3) is 10.9 Å². The number of fused-ring (bicyclic) bond motifs is 1. The van der Waals surface area contributed by atoms with Crippen LogP contribution in [-0.4, -0.2) is 31.7 Å². The number of hydrogen-bond acceptors (Lipinski definition) is 1. The molecule has 2 aromatic rings. The van der Waals surface area contributed by atoms with E-state index in [2.05, 4.69) is 37.2 Å². The summed E-state index contributed by atoms with van der Waals surface area (Å²) in [6.07, 6.45) is 5.80. The van der Waals surface area contributed by atoms with Gasteiger partial charge in [-0.25, -0.2) is 0 Å². The fourth-order valence-electron chi connectivity index (χ4n) is 2.88. The van der Waals surface area contributed by atoms with E-state index in [1.165, 1.54) is 48.9 Å². The van der Waals surface area contributed by atoms with Gasteiger partial charge in [0.1, 0.15) is 5.75 Å². The molecule has 3 heteroatoms. The molecule has 0 aliphatic heterocycles. The van der Waals surface area contributed by atoms with Gasteiger partial charge < -0.3 is 14.6 Å². The second-order valence-corrected chi connectivity index (χ2v) is 5.48. The summed E-state index contributed by atoms with van der Waals surface area (Å²) in [7, 11) is 1.72. The van der Waals surface area contributed by atoms with Gasteiger partial charge in [-0.05, 0) is 36.6 Å². The molecule has 0 unspecified atom stereocenters. The van der Waals surface area contributed by atoms with Crippen LogP contribution in [0.4, 0.5) is 0 Å². The number of aromatic amines is 1. The minimum absolute atomic E-state index is 0.935. The summed E-state index contributed by atoms with van der Waals surface area (Å²) in [5.74, 6) is 0.935. The molecule has 110 valence electrons. The van der Waals surface area contributed by atoms with E-state index in [-0.39, 0.29) is 0 Å². The van der Waals surface area contributed by atoms with Crippen molar-refractivity contribution in [1.82, 2.24) is 4.98 Å². The molecule has 0 bridgehead atoms. The summed E-state index contributed by atoms with van der Waals surface area (Å²) >= 11 is 0. The number of benzene rings is 1. The molecular weight excluding hydrogens is 248 g/mol. The summed E-state index contributed by atoms with van der Waals surface area (Å²) in [6, 6.07) is 6.25. The average molecular weight is 275 g/mol. The van der Waals surface area contributed by atoms with Gasteiger partial charge in [-0.2, -0.15) is 0 Å². The van der Waals surface area contributed by atoms with E-state index in [1.807, 2.05) is 6.07 Å². The fourth-order valence-corrected chi connectivity index (χ4v) is 2.88. The highest BCUT2D eigenvalue weighted by molar-refractivity contribution is 5.84. The number of methoxy groups -OCH3 is 1. The molecule has 1 aromatic carbocycles. The smallest absolute Gasteiger partial charge is 0.119 e. The maximum Gasteiger partial charge on any atom is 0.119 e. The molecule has 2 N–H and O–H groups in total. The van der Waals surface area contributed by atoms with Gasteiger partial charge in [0.2, 0.25) is 0 Å². The summed E-state index contributed by atoms with van der Waals surface area (Å²) in [4.78, 5) is 5.08. The molecule has 0 aliphatic rings. The predicted molar refractivity (Wildman–Crippen MR) is 84.7 cm³/mol. The van der Waals surface area contributed by atoms with Crippen molar-refractivity contribution in [2.75, 3.05) is 26.7 Å². The predicted octanol–water partition coefficient (Wildman–Crippen LogP) is 2.42. The zero-order chi connectivity index (χ0) is 14.4. The van der Waals surface area contributed by atoms with E-state index in [9.17, 15) is 0 Å². The van der Waals surface area contributed by atoms with Gasteiger partial charge in [0.15, 0.2) is 0 Å². The first kappa shape index (κ1) is 14.9. The molecule has 0 saturated heterocycles. The van der Waals surface area contributed by atoms with Crippen LogP contribution in [-0.2, 0) is 6.42 Å². The van der Waals surface area contributed by atoms with Gasteiger partial charge in [0, 0.05) is 23.5 Å². The second-order valence-electron chi connectivity index (χ2n) is 5.48. The Morgan fingerprint density at radius 1 is 1.10 bits per heavy atom. The molecule has 0 fully saturated rings. The van der Waals surface area contributed by atoms with Gasteiger partial charge in [-0.15, -0.1) is 0 Å². The highest BCUT2D eigenvalue weighted by Crippen LogP contribution is 2.23. The molecule has 0 spiro atoms. The minimum atomic E-state index is 0.935. The number of rotatable bonds is 8. The molecule has 1 aromatic heterocycles. The third kappa shape index (κ3) is 3.54. The normalized spacial score (nSPS) is 11.4. The molecule has 0 saturated carbocycles. The number of aromatic nitrogens is 1. The van der Waals surface area contributed by atoms with E-state index in [0.717, 1.165) is 12.2 Å². The van der Waals surface area contributed by atoms with Crippen LogP contribution in [0, 0.1) is 0 Å². The first-order valence-electron chi connectivity index (χ1n) is 7.76. The van der Waals surface area contributed by atoms with Crippen LogP contribution in [0.5, 0.6) is 5.75 Å². The second kappa shape index (κ2) is 7.34. The fraction of sp³-hybridized carbons (Fsp3) is 0.529. The summed E-state index contributed by atoms with van der Waals surface area (Å²) in [6.45, 7) is 8.31. The molecule has 0 amide bonds. The first-order valence-corrected chi connectivity index (χ1v) is 7.76. The number of H-pyrrole nitrogens is 1. The molecule has 1 heterocycles. The van der Waals surface area contributed by atoms with Crippen molar-refractivity contribution in [2.24, 2.45) is 0 Å². The van der Waals surface area contributed by atoms with Crippen molar-refractivity contribution in [3.63, 3.8) is 0 Å². The lowest BCUT2D eigenvalue weighted by molar-refractivity contribution is -0.900. The van der Waals surface area contributed by atoms with Gasteiger partial charge in [-0.3, -0.25) is 0 Å². The van der Waals surface area contributed by atoms with Crippen LogP contribution in [0.15, 0.2) is 24.4 Å². The Labute approximate surface area is 121 Å². The Bertz CT molecular complexity index is 527. The van der Waals surface area contributed by atoms with E-state index >= 15 is 0 Å². The minimum Gasteiger partial charge on any atom is -0.497 e. The maximum atomic E-state index is 5.33. The third-order valence-corrected chi connectivity index (χ3v) is 3.93. The largest absolute Gasteiger partial charge is 0.497 e. The van der Waals surface area contributed by atoms with Crippen molar-refractivity contribution >= 4 is 10.9 Å². The Morgan fingerprint density at radius 2 is 1.85 bits per heavy atom. The van der Waals surface area contributed by atoms with Crippen LogP contribution >= 0.6 is 0 Å². The Hall–Kier alpha value is -1.48. The van der Waals surface area contributed by atoms with Crippen molar-refractivity contribution in [1.29, 1.82) is 0 Å². The summed E-state index contributed by atoms with van der Waals surface area (Å²) in [5, 5.41) is 1.30. The first-order chi connectivity index (χ1) is 9.78. The number of ether oxygens (including phenoxy) is 1. The number of hydrogen-bond donors (Lipinski definition) is 2. The Balaban J connectivity index is 2.08. The maximum absolute atomic E-state index is 5.33. The van der Waals surface area contributed by atoms with Gasteiger partial charge in [-0.1, -0.05) is 13.8 Å². The zero-order valence-corrected chi connectivity index (χ0v) is 13.0. The van der Waals surface area contributed by atoms with Crippen molar-refractivity contribution in [3.8, 4) is 5.75 Å². The highest BCUT2D eigenvalue weighted by atomic mass is 16.5. The lowest BCUT2D eigenvalue weighted by Crippen LogP contribution is -3.12. The quantitative estimate of drug-likeness (QED) is 0.761. The van der Waals surface area contributed by atoms with Crippen LogP contribution in [0.2, 0.25) is 0 Å². The SMILES string of the molecule is CCC[NH+](CCC)CCc1c[nH]c2ccc(OC)cc12. The molecule has 0 radical (unpaired) electrons. The monoisotopic (exact) mass is 275 g/mol. The third-order valence-electron chi connectivity index (χ3n) is 3.93. The van der Waals surface area contributed by atoms with E-state index in [4.69, 9.17) is 4.74 Å². The molecule has 20 heavy (non-hydrogen) atoms. The van der Waals surface area contributed by atoms with Gasteiger partial charge >= 0.3 is 0 Å². The number of quaternary nitrogens is 1. The average Bonchev–Trinajstić information content (AvgIpc) is 2.87. The number of nitrogens with one attached hydrogen (secondary N) is 2. The van der Waals surface area contributed by atoms with Crippen LogP contribution in [0.3, 0.4) is 0 Å². The molecule has 0 atom stereocenters. The van der Waals surface area contributed by atoms with E-state index in [1.54, 1.807) is 12.0 Å². The molecule has 0 aliphatic carbocycles. The van der Waals surface area contributed by atoms with E-state index in [0.29, 0.717) is 0 Å². The van der Waals surface area contributed by atoms with Crippen molar-refractivity contribution in [2.45, 2.75) is 33.1 Å². The summed E-state index contributed by atoms with van der Waals surface area (Å²) in [5.41, 5.74) is 2.61. The van der Waals surface area contributed by atoms with E-state index < -0.39 is 0 Å². The van der Waals surface area contributed by atoms with Crippen molar-refractivity contribution < 1.29 is 9.64 Å². The molecular formula is C17H27N2O+. The van der Waals surface area contributed by atoms with Crippen molar-refractivity contribution in [3.05, 3.63) is 30.0 Å². The zero-order valence-electron chi connectivity index (χ0n) is 13.0. The van der Waals surface area contributed by atoms with Crippen LogP contribution < -0.4 is 9.64 Å². The Morgan fingerprint density at radius 3 is 2.50 bits per heavy atom. The molecule has 3 nitrogen and oxygen atoms in total. The lowest BCUT2D eigenvalue weighted by Gasteiger charge is -2.17. The lowest BCUT2D eigenvalue weighted by atomic mass is 10.1. The topological polar surface area (TPSA) is 29.5 Å². The standard InChI is InChI=1S/C17H26N2O/c1-4-9-19(10-5-2)11-8-14-13-18-17-7-6-15(20-3)12-16(14)17/h6-7,12-13,18H,4-5,8-11H2,1-3H3/p+1. The van der Waals surface area contributed by atoms with Gasteiger partial charge in [0.05, 0.1) is 26.7 Å². The molecule has 2 rings (SSSR count). The summed E-state index contributed by atoms with van der Waals surface area (Å²) < 4.78 is 5.33. The van der Waals surface area contributed by atoms with Crippen LogP contribution in [0.1, 0.15) is 32.3 Å². The Kier molecular flexibility index (Phi) is 5.48. The highest BCUT2D eigenvalue weighted by Gasteiger charge is 2.10. The van der Waals surface area contributed by atoms with Gasteiger partial charge in [0.25, 0.3) is 0 Å².